The molecule has 0 aliphatic carbocycles. The van der Waals surface area contributed by atoms with Crippen molar-refractivity contribution in [1.82, 2.24) is 0 Å². The van der Waals surface area contributed by atoms with Crippen molar-refractivity contribution in [2.75, 3.05) is 6.61 Å². The van der Waals surface area contributed by atoms with Crippen LogP contribution in [0.2, 0.25) is 5.02 Å². The van der Waals surface area contributed by atoms with Gasteiger partial charge in [-0.25, -0.2) is 4.79 Å². The normalized spacial score (nSPS) is 10.8. The zero-order valence-corrected chi connectivity index (χ0v) is 13.0. The second-order valence-corrected chi connectivity index (χ2v) is 5.50. The highest BCUT2D eigenvalue weighted by molar-refractivity contribution is 6.31. The van der Waals surface area contributed by atoms with Crippen LogP contribution in [0.1, 0.15) is 12.5 Å². The van der Waals surface area contributed by atoms with Gasteiger partial charge in [-0.15, -0.1) is 0 Å². The van der Waals surface area contributed by atoms with Crippen molar-refractivity contribution in [1.29, 1.82) is 0 Å². The van der Waals surface area contributed by atoms with Crippen LogP contribution in [0.5, 0.6) is 0 Å². The third-order valence-electron chi connectivity index (χ3n) is 3.67. The minimum Gasteiger partial charge on any atom is -0.462 e. The predicted octanol–water partition coefficient (Wildman–Crippen LogP) is 5.22. The maximum absolute atomic E-state index is 11.8. The summed E-state index contributed by atoms with van der Waals surface area (Å²) < 4.78 is 5.00. The number of benzene rings is 3. The summed E-state index contributed by atoms with van der Waals surface area (Å²) in [5, 5.41) is 5.12. The van der Waals surface area contributed by atoms with Gasteiger partial charge in [0.15, 0.2) is 0 Å². The van der Waals surface area contributed by atoms with Crippen molar-refractivity contribution >= 4 is 44.7 Å². The molecule has 0 heterocycles. The molecule has 0 N–H and O–H groups in total. The molecule has 0 aromatic heterocycles. The first-order chi connectivity index (χ1) is 10.6. The van der Waals surface area contributed by atoms with Crippen LogP contribution in [-0.2, 0) is 9.53 Å². The topological polar surface area (TPSA) is 26.3 Å². The fourth-order valence-corrected chi connectivity index (χ4v) is 2.75. The minimum absolute atomic E-state index is 0.344. The zero-order chi connectivity index (χ0) is 15.7. The zero-order valence-electron chi connectivity index (χ0n) is 12.2. The molecule has 3 aromatic rings. The Balaban J connectivity index is 2.11. The highest BCUT2D eigenvalue weighted by Crippen LogP contribution is 2.29. The Labute approximate surface area is 134 Å². The van der Waals surface area contributed by atoms with E-state index >= 15 is 0 Å². The molecule has 3 aromatic carbocycles. The molecule has 0 atom stereocenters. The highest BCUT2D eigenvalue weighted by atomic mass is 35.5. The lowest BCUT2D eigenvalue weighted by molar-refractivity contribution is -0.136. The molecule has 2 nitrogen and oxygen atoms in total. The molecule has 0 saturated carbocycles. The van der Waals surface area contributed by atoms with Crippen LogP contribution in [0.4, 0.5) is 0 Å². The summed E-state index contributed by atoms with van der Waals surface area (Å²) in [4.78, 5) is 11.8. The third kappa shape index (κ3) is 2.58. The minimum atomic E-state index is -0.380. The second kappa shape index (κ2) is 5.82. The van der Waals surface area contributed by atoms with E-state index in [4.69, 9.17) is 16.3 Å². The maximum Gasteiger partial charge on any atom is 0.338 e. The largest absolute Gasteiger partial charge is 0.462 e. The van der Waals surface area contributed by atoms with Gasteiger partial charge < -0.3 is 4.74 Å². The van der Waals surface area contributed by atoms with E-state index in [1.54, 1.807) is 6.92 Å². The molecule has 110 valence electrons. The van der Waals surface area contributed by atoms with Gasteiger partial charge in [0.1, 0.15) is 0 Å². The fraction of sp³-hybridized carbons (Fsp3) is 0.105. The number of hydrogen-bond donors (Lipinski definition) is 0. The summed E-state index contributed by atoms with van der Waals surface area (Å²) in [6, 6.07) is 15.8. The number of carbonyl (C=O) groups is 1. The van der Waals surface area contributed by atoms with Gasteiger partial charge in [-0.2, -0.15) is 0 Å². The monoisotopic (exact) mass is 310 g/mol. The van der Waals surface area contributed by atoms with Gasteiger partial charge in [-0.05, 0) is 52.2 Å². The summed E-state index contributed by atoms with van der Waals surface area (Å²) in [5.74, 6) is -0.380. The SMILES string of the molecule is C=C(C(=O)OCC)c1ccc2c(ccc3cc(Cl)ccc32)c1. The molecule has 0 saturated heterocycles. The van der Waals surface area contributed by atoms with E-state index in [1.165, 1.54) is 0 Å². The van der Waals surface area contributed by atoms with Crippen LogP contribution < -0.4 is 0 Å². The first-order valence-electron chi connectivity index (χ1n) is 7.08. The van der Waals surface area contributed by atoms with Crippen molar-refractivity contribution in [3.8, 4) is 0 Å². The van der Waals surface area contributed by atoms with E-state index < -0.39 is 0 Å². The summed E-state index contributed by atoms with van der Waals surface area (Å²) in [5.41, 5.74) is 1.15. The average molecular weight is 311 g/mol. The van der Waals surface area contributed by atoms with Crippen LogP contribution in [0.3, 0.4) is 0 Å². The van der Waals surface area contributed by atoms with E-state index in [2.05, 4.69) is 6.58 Å². The van der Waals surface area contributed by atoms with Crippen LogP contribution >= 0.6 is 11.6 Å². The molecule has 3 heteroatoms. The van der Waals surface area contributed by atoms with E-state index in [0.717, 1.165) is 32.1 Å². The average Bonchev–Trinajstić information content (AvgIpc) is 2.53. The molecular formula is C19H15ClO2. The molecule has 3 rings (SSSR count). The van der Waals surface area contributed by atoms with Crippen molar-refractivity contribution in [2.24, 2.45) is 0 Å². The van der Waals surface area contributed by atoms with Gasteiger partial charge >= 0.3 is 5.97 Å². The Morgan fingerprint density at radius 2 is 1.68 bits per heavy atom. The number of carbonyl (C=O) groups excluding carboxylic acids is 1. The van der Waals surface area contributed by atoms with Crippen molar-refractivity contribution in [3.63, 3.8) is 0 Å². The Hall–Kier alpha value is -2.32. The molecule has 0 bridgehead atoms. The molecule has 0 aliphatic heterocycles. The number of esters is 1. The lowest BCUT2D eigenvalue weighted by atomic mass is 9.98. The second-order valence-electron chi connectivity index (χ2n) is 5.07. The lowest BCUT2D eigenvalue weighted by Gasteiger charge is -2.09. The van der Waals surface area contributed by atoms with Crippen LogP contribution in [0, 0.1) is 0 Å². The molecule has 0 fully saturated rings. The van der Waals surface area contributed by atoms with Crippen LogP contribution in [-0.4, -0.2) is 12.6 Å². The standard InChI is InChI=1S/C19H15ClO2/c1-3-22-19(21)12(2)13-6-8-17-14(10-13)4-5-15-11-16(20)7-9-18(15)17/h4-11H,2-3H2,1H3. The van der Waals surface area contributed by atoms with Gasteiger partial charge in [0.05, 0.1) is 12.2 Å². The number of fused-ring (bicyclic) bond motifs is 3. The van der Waals surface area contributed by atoms with Gasteiger partial charge in [-0.1, -0.05) is 48.5 Å². The number of hydrogen-bond acceptors (Lipinski definition) is 2. The molecule has 22 heavy (non-hydrogen) atoms. The highest BCUT2D eigenvalue weighted by Gasteiger charge is 2.11. The Kier molecular flexibility index (Phi) is 3.86. The smallest absolute Gasteiger partial charge is 0.338 e. The molecular weight excluding hydrogens is 296 g/mol. The number of ether oxygens (including phenoxy) is 1. The molecule has 0 aliphatic rings. The fourth-order valence-electron chi connectivity index (χ4n) is 2.57. The summed E-state index contributed by atoms with van der Waals surface area (Å²) in [7, 11) is 0. The van der Waals surface area contributed by atoms with Crippen molar-refractivity contribution in [3.05, 3.63) is 65.7 Å². The maximum atomic E-state index is 11.8. The number of halogens is 1. The van der Waals surface area contributed by atoms with Gasteiger partial charge in [0.25, 0.3) is 0 Å². The third-order valence-corrected chi connectivity index (χ3v) is 3.90. The lowest BCUT2D eigenvalue weighted by Crippen LogP contribution is -2.05. The van der Waals surface area contributed by atoms with Crippen LogP contribution in [0.15, 0.2) is 55.1 Å². The summed E-state index contributed by atoms with van der Waals surface area (Å²) in [6.45, 7) is 5.96. The Morgan fingerprint density at radius 1 is 1.05 bits per heavy atom. The van der Waals surface area contributed by atoms with Gasteiger partial charge in [0, 0.05) is 5.02 Å². The summed E-state index contributed by atoms with van der Waals surface area (Å²) >= 11 is 6.04. The quantitative estimate of drug-likeness (QED) is 0.376. The first kappa shape index (κ1) is 14.6. The van der Waals surface area contributed by atoms with E-state index in [9.17, 15) is 4.79 Å². The van der Waals surface area contributed by atoms with E-state index in [-0.39, 0.29) is 5.97 Å². The van der Waals surface area contributed by atoms with Crippen molar-refractivity contribution < 1.29 is 9.53 Å². The molecule has 0 radical (unpaired) electrons. The Morgan fingerprint density at radius 3 is 2.36 bits per heavy atom. The van der Waals surface area contributed by atoms with Crippen molar-refractivity contribution in [2.45, 2.75) is 6.92 Å². The predicted molar refractivity (Wildman–Crippen MR) is 92.1 cm³/mol. The molecule has 0 spiro atoms. The Bertz CT molecular complexity index is 896. The molecule has 0 amide bonds. The van der Waals surface area contributed by atoms with E-state index in [0.29, 0.717) is 12.2 Å². The number of rotatable bonds is 3. The van der Waals surface area contributed by atoms with Gasteiger partial charge in [0.2, 0.25) is 0 Å². The molecule has 0 unspecified atom stereocenters. The van der Waals surface area contributed by atoms with Gasteiger partial charge in [-0.3, -0.25) is 0 Å². The summed E-state index contributed by atoms with van der Waals surface area (Å²) in [6.07, 6.45) is 0. The first-order valence-corrected chi connectivity index (χ1v) is 7.46. The van der Waals surface area contributed by atoms with Crippen LogP contribution in [0.25, 0.3) is 27.1 Å². The van der Waals surface area contributed by atoms with E-state index in [1.807, 2.05) is 48.5 Å².